The number of carboxylic acid groups (broad SMARTS) is 1. The van der Waals surface area contributed by atoms with Crippen molar-refractivity contribution >= 4 is 5.97 Å². The van der Waals surface area contributed by atoms with Crippen LogP contribution in [-0.2, 0) is 9.53 Å². The molecular formula is C8H16O4. The van der Waals surface area contributed by atoms with E-state index in [0.29, 0.717) is 0 Å². The van der Waals surface area contributed by atoms with Crippen molar-refractivity contribution in [3.8, 4) is 0 Å². The van der Waals surface area contributed by atoms with Crippen LogP contribution in [0.4, 0.5) is 0 Å². The molecule has 0 aromatic rings. The molecule has 0 amide bonds. The summed E-state index contributed by atoms with van der Waals surface area (Å²) in [5.41, 5.74) is 0. The Labute approximate surface area is 72.2 Å². The lowest BCUT2D eigenvalue weighted by Crippen LogP contribution is -2.42. The molecule has 0 aromatic heterocycles. The maximum atomic E-state index is 10.6. The van der Waals surface area contributed by atoms with Crippen LogP contribution in [0.25, 0.3) is 0 Å². The summed E-state index contributed by atoms with van der Waals surface area (Å²) in [5, 5.41) is 18.1. The minimum absolute atomic E-state index is 0.0812. The van der Waals surface area contributed by atoms with Gasteiger partial charge < -0.3 is 14.9 Å². The summed E-state index contributed by atoms with van der Waals surface area (Å²) >= 11 is 0. The summed E-state index contributed by atoms with van der Waals surface area (Å²) in [7, 11) is 0. The van der Waals surface area contributed by atoms with Crippen molar-refractivity contribution in [3.63, 3.8) is 0 Å². The second-order valence-corrected chi connectivity index (χ2v) is 3.12. The largest absolute Gasteiger partial charge is 0.477 e. The standard InChI is InChI=1S/C8H16O4/c1-4-12-8(11,7(9)10)5-6(2)3/h6,11H,4-5H2,1-3H3,(H,9,10). The van der Waals surface area contributed by atoms with Crippen molar-refractivity contribution in [3.05, 3.63) is 0 Å². The van der Waals surface area contributed by atoms with Gasteiger partial charge in [-0.05, 0) is 12.8 Å². The monoisotopic (exact) mass is 176 g/mol. The molecule has 0 spiro atoms. The summed E-state index contributed by atoms with van der Waals surface area (Å²) in [6, 6.07) is 0. The van der Waals surface area contributed by atoms with Crippen LogP contribution in [0, 0.1) is 5.92 Å². The van der Waals surface area contributed by atoms with Gasteiger partial charge in [0.05, 0.1) is 0 Å². The third-order valence-corrected chi connectivity index (χ3v) is 1.40. The molecule has 1 unspecified atom stereocenters. The molecule has 0 aliphatic rings. The fourth-order valence-electron chi connectivity index (χ4n) is 1.00. The lowest BCUT2D eigenvalue weighted by atomic mass is 10.0. The van der Waals surface area contributed by atoms with Gasteiger partial charge in [-0.3, -0.25) is 0 Å². The number of hydrogen-bond acceptors (Lipinski definition) is 3. The highest BCUT2D eigenvalue weighted by molar-refractivity contribution is 5.75. The van der Waals surface area contributed by atoms with Crippen LogP contribution in [0.15, 0.2) is 0 Å². The Bertz CT molecular complexity index is 155. The lowest BCUT2D eigenvalue weighted by Gasteiger charge is -2.24. The number of ether oxygens (including phenoxy) is 1. The topological polar surface area (TPSA) is 66.8 Å². The molecule has 0 aliphatic heterocycles. The molecule has 72 valence electrons. The van der Waals surface area contributed by atoms with E-state index in [9.17, 15) is 9.90 Å². The average Bonchev–Trinajstić information content (AvgIpc) is 1.85. The van der Waals surface area contributed by atoms with E-state index in [0.717, 1.165) is 0 Å². The zero-order chi connectivity index (χ0) is 9.78. The van der Waals surface area contributed by atoms with Gasteiger partial charge in [0.2, 0.25) is 0 Å². The van der Waals surface area contributed by atoms with Crippen molar-refractivity contribution in [1.29, 1.82) is 0 Å². The van der Waals surface area contributed by atoms with Gasteiger partial charge in [-0.2, -0.15) is 0 Å². The highest BCUT2D eigenvalue weighted by Gasteiger charge is 2.37. The molecular weight excluding hydrogens is 160 g/mol. The Morgan fingerprint density at radius 1 is 1.58 bits per heavy atom. The van der Waals surface area contributed by atoms with Crippen LogP contribution in [0.1, 0.15) is 27.2 Å². The highest BCUT2D eigenvalue weighted by Crippen LogP contribution is 2.18. The Morgan fingerprint density at radius 2 is 2.08 bits per heavy atom. The summed E-state index contributed by atoms with van der Waals surface area (Å²) in [5.74, 6) is -3.25. The SMILES string of the molecule is CCOC(O)(CC(C)C)C(=O)O. The van der Waals surface area contributed by atoms with Crippen molar-refractivity contribution < 1.29 is 19.7 Å². The third-order valence-electron chi connectivity index (χ3n) is 1.40. The third kappa shape index (κ3) is 3.19. The van der Waals surface area contributed by atoms with Gasteiger partial charge in [-0.1, -0.05) is 13.8 Å². The van der Waals surface area contributed by atoms with Crippen LogP contribution in [-0.4, -0.2) is 28.6 Å². The van der Waals surface area contributed by atoms with Crippen LogP contribution in [0.3, 0.4) is 0 Å². The zero-order valence-electron chi connectivity index (χ0n) is 7.70. The molecule has 0 saturated carbocycles. The molecule has 4 nitrogen and oxygen atoms in total. The molecule has 0 bridgehead atoms. The molecule has 0 aliphatic carbocycles. The Kier molecular flexibility index (Phi) is 4.20. The first-order chi connectivity index (χ1) is 5.42. The number of carboxylic acids is 1. The first-order valence-electron chi connectivity index (χ1n) is 4.02. The van der Waals surface area contributed by atoms with Crippen LogP contribution < -0.4 is 0 Å². The Morgan fingerprint density at radius 3 is 2.33 bits per heavy atom. The normalized spacial score (nSPS) is 16.1. The number of aliphatic carboxylic acids is 1. The van der Waals surface area contributed by atoms with Crippen molar-refractivity contribution in [2.24, 2.45) is 5.92 Å². The maximum absolute atomic E-state index is 10.6. The second kappa shape index (κ2) is 4.42. The molecule has 0 fully saturated rings. The van der Waals surface area contributed by atoms with Crippen molar-refractivity contribution in [2.45, 2.75) is 33.0 Å². The van der Waals surface area contributed by atoms with E-state index in [2.05, 4.69) is 0 Å². The fraction of sp³-hybridized carbons (Fsp3) is 0.875. The summed E-state index contributed by atoms with van der Waals surface area (Å²) in [4.78, 5) is 10.6. The van der Waals surface area contributed by atoms with Gasteiger partial charge in [-0.25, -0.2) is 4.79 Å². The maximum Gasteiger partial charge on any atom is 0.364 e. The van der Waals surface area contributed by atoms with E-state index in [1.54, 1.807) is 6.92 Å². The van der Waals surface area contributed by atoms with E-state index in [4.69, 9.17) is 9.84 Å². The van der Waals surface area contributed by atoms with E-state index in [1.807, 2.05) is 13.8 Å². The fourth-order valence-corrected chi connectivity index (χ4v) is 1.00. The van der Waals surface area contributed by atoms with Crippen molar-refractivity contribution in [1.82, 2.24) is 0 Å². The highest BCUT2D eigenvalue weighted by atomic mass is 16.6. The van der Waals surface area contributed by atoms with Gasteiger partial charge in [0, 0.05) is 13.0 Å². The van der Waals surface area contributed by atoms with Gasteiger partial charge in [-0.15, -0.1) is 0 Å². The van der Waals surface area contributed by atoms with Gasteiger partial charge >= 0.3 is 5.97 Å². The van der Waals surface area contributed by atoms with Crippen LogP contribution >= 0.6 is 0 Å². The predicted octanol–water partition coefficient (Wildman–Crippen LogP) is 0.842. The average molecular weight is 176 g/mol. The van der Waals surface area contributed by atoms with Crippen molar-refractivity contribution in [2.75, 3.05) is 6.61 Å². The number of carbonyl (C=O) groups is 1. The van der Waals surface area contributed by atoms with Gasteiger partial charge in [0.1, 0.15) is 0 Å². The molecule has 0 heterocycles. The van der Waals surface area contributed by atoms with Gasteiger partial charge in [0.15, 0.2) is 0 Å². The quantitative estimate of drug-likeness (QED) is 0.609. The predicted molar refractivity (Wildman–Crippen MR) is 43.7 cm³/mol. The summed E-state index contributed by atoms with van der Waals surface area (Å²) < 4.78 is 4.76. The van der Waals surface area contributed by atoms with Crippen LogP contribution in [0.2, 0.25) is 0 Å². The first-order valence-corrected chi connectivity index (χ1v) is 4.02. The Balaban J connectivity index is 4.28. The molecule has 0 aromatic carbocycles. The van der Waals surface area contributed by atoms with E-state index >= 15 is 0 Å². The molecule has 12 heavy (non-hydrogen) atoms. The number of rotatable bonds is 5. The summed E-state index contributed by atoms with van der Waals surface area (Å²) in [6.45, 7) is 5.49. The zero-order valence-corrected chi connectivity index (χ0v) is 7.70. The number of aliphatic hydroxyl groups is 1. The minimum atomic E-state index is -2.01. The van der Waals surface area contributed by atoms with Gasteiger partial charge in [0.25, 0.3) is 5.79 Å². The number of hydrogen-bond donors (Lipinski definition) is 2. The summed E-state index contributed by atoms with van der Waals surface area (Å²) in [6.07, 6.45) is 0.107. The Hall–Kier alpha value is -0.610. The van der Waals surface area contributed by atoms with E-state index in [1.165, 1.54) is 0 Å². The molecule has 0 rings (SSSR count). The van der Waals surface area contributed by atoms with Crippen LogP contribution in [0.5, 0.6) is 0 Å². The minimum Gasteiger partial charge on any atom is -0.477 e. The van der Waals surface area contributed by atoms with E-state index < -0.39 is 11.8 Å². The molecule has 2 N–H and O–H groups in total. The smallest absolute Gasteiger partial charge is 0.364 e. The molecule has 0 radical (unpaired) electrons. The lowest BCUT2D eigenvalue weighted by molar-refractivity contribution is -0.227. The molecule has 0 saturated heterocycles. The second-order valence-electron chi connectivity index (χ2n) is 3.12. The molecule has 4 heteroatoms. The first kappa shape index (κ1) is 11.4. The van der Waals surface area contributed by atoms with E-state index in [-0.39, 0.29) is 18.9 Å². The molecule has 1 atom stereocenters.